The van der Waals surface area contributed by atoms with Crippen molar-refractivity contribution in [1.82, 2.24) is 10.6 Å². The zero-order valence-corrected chi connectivity index (χ0v) is 12.0. The number of halogens is 3. The van der Waals surface area contributed by atoms with Crippen molar-refractivity contribution >= 4 is 27.7 Å². The number of hydrogen-bond donors (Lipinski definition) is 2. The Morgan fingerprint density at radius 1 is 1.32 bits per heavy atom. The number of likely N-dealkylation sites (N-methyl/N-ethyl adjacent to an activating group) is 1. The van der Waals surface area contributed by atoms with E-state index in [9.17, 15) is 18.4 Å². The molecule has 1 unspecified atom stereocenters. The Morgan fingerprint density at radius 2 is 1.84 bits per heavy atom. The van der Waals surface area contributed by atoms with Crippen LogP contribution >= 0.6 is 15.9 Å². The molecule has 0 aromatic heterocycles. The topological polar surface area (TPSA) is 58.2 Å². The second-order valence-corrected chi connectivity index (χ2v) is 4.75. The maximum atomic E-state index is 13.5. The van der Waals surface area contributed by atoms with Crippen molar-refractivity contribution in [2.75, 3.05) is 6.54 Å². The minimum atomic E-state index is -0.993. The Morgan fingerprint density at radius 3 is 2.32 bits per heavy atom. The van der Waals surface area contributed by atoms with Crippen LogP contribution in [0.4, 0.5) is 8.78 Å². The third-order valence-corrected chi connectivity index (χ3v) is 2.78. The third kappa shape index (κ3) is 3.99. The van der Waals surface area contributed by atoms with Crippen LogP contribution in [0.25, 0.3) is 0 Å². The van der Waals surface area contributed by atoms with Crippen LogP contribution in [0.1, 0.15) is 24.2 Å². The van der Waals surface area contributed by atoms with Crippen molar-refractivity contribution in [3.05, 3.63) is 33.8 Å². The van der Waals surface area contributed by atoms with E-state index in [1.54, 1.807) is 6.92 Å². The number of rotatable bonds is 4. The van der Waals surface area contributed by atoms with Gasteiger partial charge in [0, 0.05) is 11.0 Å². The summed E-state index contributed by atoms with van der Waals surface area (Å²) in [6.07, 6.45) is 0. The van der Waals surface area contributed by atoms with Crippen molar-refractivity contribution in [3.8, 4) is 0 Å². The molecule has 2 amide bonds. The predicted molar refractivity (Wildman–Crippen MR) is 69.7 cm³/mol. The summed E-state index contributed by atoms with van der Waals surface area (Å²) in [5.41, 5.74) is -0.709. The summed E-state index contributed by atoms with van der Waals surface area (Å²) in [6, 6.07) is 1.08. The summed E-state index contributed by atoms with van der Waals surface area (Å²) in [4.78, 5) is 23.1. The van der Waals surface area contributed by atoms with Crippen LogP contribution in [0, 0.1) is 11.6 Å². The molecule has 104 valence electrons. The molecule has 0 saturated carbocycles. The van der Waals surface area contributed by atoms with E-state index in [2.05, 4.69) is 26.6 Å². The van der Waals surface area contributed by atoms with E-state index in [0.29, 0.717) is 6.54 Å². The summed E-state index contributed by atoms with van der Waals surface area (Å²) in [7, 11) is 0. The number of hydrogen-bond acceptors (Lipinski definition) is 2. The van der Waals surface area contributed by atoms with Gasteiger partial charge in [-0.2, -0.15) is 0 Å². The Hall–Kier alpha value is -1.50. The van der Waals surface area contributed by atoms with Gasteiger partial charge in [-0.05, 0) is 26.0 Å². The van der Waals surface area contributed by atoms with Crippen molar-refractivity contribution in [1.29, 1.82) is 0 Å². The van der Waals surface area contributed by atoms with Crippen molar-refractivity contribution < 1.29 is 18.4 Å². The van der Waals surface area contributed by atoms with E-state index in [1.165, 1.54) is 6.92 Å². The molecule has 19 heavy (non-hydrogen) atoms. The first kappa shape index (κ1) is 15.6. The molecule has 0 aliphatic heterocycles. The van der Waals surface area contributed by atoms with Crippen molar-refractivity contribution in [2.45, 2.75) is 19.9 Å². The van der Waals surface area contributed by atoms with E-state index in [-0.39, 0.29) is 4.47 Å². The molecular formula is C12H13BrF2N2O2. The molecule has 0 saturated heterocycles. The van der Waals surface area contributed by atoms with Gasteiger partial charge in [0.25, 0.3) is 5.91 Å². The molecule has 0 fully saturated rings. The molecule has 0 aliphatic carbocycles. The zero-order valence-electron chi connectivity index (χ0n) is 10.4. The van der Waals surface area contributed by atoms with Crippen LogP contribution in [0.2, 0.25) is 0 Å². The Labute approximate surface area is 117 Å². The fraction of sp³-hybridized carbons (Fsp3) is 0.333. The molecule has 0 aliphatic rings. The van der Waals surface area contributed by atoms with Crippen molar-refractivity contribution in [3.63, 3.8) is 0 Å². The summed E-state index contributed by atoms with van der Waals surface area (Å²) >= 11 is 2.92. The molecule has 0 bridgehead atoms. The number of carbonyl (C=O) groups is 2. The number of carbonyl (C=O) groups excluding carboxylic acids is 2. The first-order valence-electron chi connectivity index (χ1n) is 5.60. The van der Waals surface area contributed by atoms with E-state index in [0.717, 1.165) is 12.1 Å². The van der Waals surface area contributed by atoms with Gasteiger partial charge < -0.3 is 10.6 Å². The second kappa shape index (κ2) is 6.60. The zero-order chi connectivity index (χ0) is 14.6. The lowest BCUT2D eigenvalue weighted by Crippen LogP contribution is -2.45. The summed E-state index contributed by atoms with van der Waals surface area (Å²) in [5, 5.41) is 4.73. The van der Waals surface area contributed by atoms with Gasteiger partial charge in [0.1, 0.15) is 23.2 Å². The van der Waals surface area contributed by atoms with Crippen LogP contribution < -0.4 is 10.6 Å². The fourth-order valence-corrected chi connectivity index (χ4v) is 1.82. The van der Waals surface area contributed by atoms with Gasteiger partial charge in [-0.25, -0.2) is 8.78 Å². The van der Waals surface area contributed by atoms with Gasteiger partial charge >= 0.3 is 0 Å². The highest BCUT2D eigenvalue weighted by Crippen LogP contribution is 2.19. The summed E-state index contributed by atoms with van der Waals surface area (Å²) < 4.78 is 27.3. The van der Waals surface area contributed by atoms with Crippen molar-refractivity contribution in [2.24, 2.45) is 0 Å². The lowest BCUT2D eigenvalue weighted by molar-refractivity contribution is -0.122. The Kier molecular flexibility index (Phi) is 5.41. The van der Waals surface area contributed by atoms with Gasteiger partial charge in [0.05, 0.1) is 0 Å². The maximum Gasteiger partial charge on any atom is 0.257 e. The lowest BCUT2D eigenvalue weighted by atomic mass is 10.1. The Balaban J connectivity index is 2.87. The molecule has 0 radical (unpaired) electrons. The summed E-state index contributed by atoms with van der Waals surface area (Å²) in [5.74, 6) is -3.38. The molecule has 0 heterocycles. The number of nitrogens with one attached hydrogen (secondary N) is 2. The SMILES string of the molecule is CCNC(=O)C(C)NC(=O)c1c(F)cc(Br)cc1F. The minimum absolute atomic E-state index is 0.191. The van der Waals surface area contributed by atoms with E-state index in [4.69, 9.17) is 0 Å². The normalized spacial score (nSPS) is 11.8. The quantitative estimate of drug-likeness (QED) is 0.884. The van der Waals surface area contributed by atoms with Crippen LogP contribution in [0.3, 0.4) is 0 Å². The Bertz CT molecular complexity index is 485. The number of amides is 2. The van der Waals surface area contributed by atoms with Gasteiger partial charge in [0.2, 0.25) is 5.91 Å². The monoisotopic (exact) mass is 334 g/mol. The van der Waals surface area contributed by atoms with Crippen LogP contribution in [-0.4, -0.2) is 24.4 Å². The maximum absolute atomic E-state index is 13.5. The van der Waals surface area contributed by atoms with Gasteiger partial charge in [-0.15, -0.1) is 0 Å². The average Bonchev–Trinajstić information content (AvgIpc) is 2.27. The highest BCUT2D eigenvalue weighted by molar-refractivity contribution is 9.10. The smallest absolute Gasteiger partial charge is 0.257 e. The first-order valence-corrected chi connectivity index (χ1v) is 6.39. The van der Waals surface area contributed by atoms with E-state index < -0.39 is 35.1 Å². The molecule has 4 nitrogen and oxygen atoms in total. The minimum Gasteiger partial charge on any atom is -0.355 e. The average molecular weight is 335 g/mol. The highest BCUT2D eigenvalue weighted by Gasteiger charge is 2.22. The molecule has 7 heteroatoms. The summed E-state index contributed by atoms with van der Waals surface area (Å²) in [6.45, 7) is 3.55. The standard InChI is InChI=1S/C12H13BrF2N2O2/c1-3-16-11(18)6(2)17-12(19)10-8(14)4-7(13)5-9(10)15/h4-6H,3H2,1-2H3,(H,16,18)(H,17,19). The van der Waals surface area contributed by atoms with E-state index >= 15 is 0 Å². The van der Waals surface area contributed by atoms with Crippen LogP contribution in [0.5, 0.6) is 0 Å². The molecule has 1 aromatic carbocycles. The van der Waals surface area contributed by atoms with Gasteiger partial charge in [-0.3, -0.25) is 9.59 Å². The third-order valence-electron chi connectivity index (χ3n) is 2.33. The molecule has 1 rings (SSSR count). The fourth-order valence-electron chi connectivity index (χ4n) is 1.42. The molecule has 1 atom stereocenters. The van der Waals surface area contributed by atoms with Crippen LogP contribution in [-0.2, 0) is 4.79 Å². The predicted octanol–water partition coefficient (Wildman–Crippen LogP) is 1.98. The largest absolute Gasteiger partial charge is 0.355 e. The second-order valence-electron chi connectivity index (χ2n) is 3.83. The number of benzene rings is 1. The van der Waals surface area contributed by atoms with E-state index in [1.807, 2.05) is 0 Å². The first-order chi connectivity index (χ1) is 8.86. The van der Waals surface area contributed by atoms with Gasteiger partial charge in [0.15, 0.2) is 0 Å². The molecule has 1 aromatic rings. The molecule has 0 spiro atoms. The van der Waals surface area contributed by atoms with Crippen LogP contribution in [0.15, 0.2) is 16.6 Å². The molecule has 2 N–H and O–H groups in total. The highest BCUT2D eigenvalue weighted by atomic mass is 79.9. The lowest BCUT2D eigenvalue weighted by Gasteiger charge is -2.14. The molecular weight excluding hydrogens is 322 g/mol. The van der Waals surface area contributed by atoms with Gasteiger partial charge in [-0.1, -0.05) is 15.9 Å².